The van der Waals surface area contributed by atoms with Crippen molar-refractivity contribution in [3.8, 4) is 0 Å². The molecular formula is C12H8W3-2. The standard InChI is InChI=1S/C12H8.3W/c1-3-5-11-7-9-12(6-4-2)10-8-11;;;/h1-7,9H;;;/q-2;;;/b5-3-,6-4-;;;. The molecule has 0 saturated carbocycles. The van der Waals surface area contributed by atoms with E-state index in [2.05, 4.69) is 20.9 Å². The van der Waals surface area contributed by atoms with Crippen molar-refractivity contribution in [2.45, 2.75) is 0 Å². The summed E-state index contributed by atoms with van der Waals surface area (Å²) in [5.41, 5.74) is 2.15. The molecule has 0 aliphatic rings. The van der Waals surface area contributed by atoms with Gasteiger partial charge < -0.3 is 0 Å². The molecule has 3 heteroatoms. The van der Waals surface area contributed by atoms with E-state index >= 15 is 0 Å². The molecule has 1 aromatic carbocycles. The summed E-state index contributed by atoms with van der Waals surface area (Å²) in [7, 11) is 0. The van der Waals surface area contributed by atoms with Crippen LogP contribution < -0.4 is 0 Å². The second kappa shape index (κ2) is 9.71. The van der Waals surface area contributed by atoms with Gasteiger partial charge in [-0.3, -0.25) is 0 Å². The number of benzene rings is 1. The van der Waals surface area contributed by atoms with Gasteiger partial charge in [-0.25, -0.2) is 0 Å². The van der Waals surface area contributed by atoms with E-state index in [-0.39, 0.29) is 21.1 Å². The number of rotatable bonds is 4. The quantitative estimate of drug-likeness (QED) is 0.422. The summed E-state index contributed by atoms with van der Waals surface area (Å²) >= 11 is 2.92. The molecule has 0 N–H and O–H groups in total. The van der Waals surface area contributed by atoms with Gasteiger partial charge in [0.15, 0.2) is 0 Å². The van der Waals surface area contributed by atoms with Gasteiger partial charge in [0.1, 0.15) is 0 Å². The molecule has 0 aliphatic heterocycles. The number of hydrogen-bond acceptors (Lipinski definition) is 0. The Morgan fingerprint density at radius 3 is 1.53 bits per heavy atom. The van der Waals surface area contributed by atoms with E-state index in [4.69, 9.17) is 0 Å². The van der Waals surface area contributed by atoms with Crippen LogP contribution in [0.4, 0.5) is 0 Å². The Bertz CT molecular complexity index is 324. The average molecular weight is 704 g/mol. The molecular weight excluding hydrogens is 696 g/mol. The van der Waals surface area contributed by atoms with Crippen LogP contribution in [0.5, 0.6) is 0 Å². The second-order valence-corrected chi connectivity index (χ2v) is 4.44. The summed E-state index contributed by atoms with van der Waals surface area (Å²) in [6.45, 7) is 0. The molecule has 0 heterocycles. The van der Waals surface area contributed by atoms with E-state index in [1.54, 1.807) is 0 Å². The van der Waals surface area contributed by atoms with Gasteiger partial charge in [0, 0.05) is 21.1 Å². The molecule has 0 bridgehead atoms. The van der Waals surface area contributed by atoms with Gasteiger partial charge in [-0.2, -0.15) is 0 Å². The van der Waals surface area contributed by atoms with Crippen LogP contribution in [0.25, 0.3) is 12.2 Å². The molecule has 0 amide bonds. The Labute approximate surface area is 127 Å². The SMILES string of the molecule is [W].[W]=[CH]/C=C\c1[c-][c-]c(/C=C\[CH]=[W])cc1. The minimum atomic E-state index is 0. The maximum atomic E-state index is 3.10. The van der Waals surface area contributed by atoms with Crippen molar-refractivity contribution in [1.29, 1.82) is 0 Å². The Hall–Kier alpha value is 0.505. The van der Waals surface area contributed by atoms with Gasteiger partial charge in [0.05, 0.1) is 0 Å². The van der Waals surface area contributed by atoms with Gasteiger partial charge in [-0.1, -0.05) is 0 Å². The van der Waals surface area contributed by atoms with Gasteiger partial charge >= 0.3 is 107 Å². The summed E-state index contributed by atoms with van der Waals surface area (Å²) in [5, 5.41) is 0. The third-order valence-electron chi connectivity index (χ3n) is 1.50. The Balaban J connectivity index is 0.00000196. The van der Waals surface area contributed by atoms with Crippen LogP contribution in [0.15, 0.2) is 24.3 Å². The summed E-state index contributed by atoms with van der Waals surface area (Å²) in [6, 6.07) is 10.3. The van der Waals surface area contributed by atoms with Gasteiger partial charge in [0.25, 0.3) is 0 Å². The molecule has 15 heavy (non-hydrogen) atoms. The Kier molecular flexibility index (Phi) is 10.0. The fourth-order valence-electron chi connectivity index (χ4n) is 0.888. The molecule has 76 valence electrons. The molecule has 0 spiro atoms. The average Bonchev–Trinajstić information content (AvgIpc) is 2.25. The van der Waals surface area contributed by atoms with Gasteiger partial charge in [-0.05, 0) is 0 Å². The molecule has 0 nitrogen and oxygen atoms in total. The van der Waals surface area contributed by atoms with Crippen LogP contribution in [0.1, 0.15) is 11.1 Å². The zero-order valence-corrected chi connectivity index (χ0v) is 16.6. The molecule has 0 atom stereocenters. The fourth-order valence-corrected chi connectivity index (χ4v) is 1.45. The van der Waals surface area contributed by atoms with Crippen molar-refractivity contribution >= 4 is 21.0 Å². The summed E-state index contributed by atoms with van der Waals surface area (Å²) in [5.74, 6) is 0. The number of hydrogen-bond donors (Lipinski definition) is 0. The van der Waals surface area contributed by atoms with E-state index in [1.807, 2.05) is 36.4 Å². The molecule has 0 saturated heterocycles. The predicted octanol–water partition coefficient (Wildman–Crippen LogP) is 2.01. The number of allylic oxidation sites excluding steroid dienone is 2. The van der Waals surface area contributed by atoms with E-state index < -0.39 is 0 Å². The molecule has 1 rings (SSSR count). The summed E-state index contributed by atoms with van der Waals surface area (Å²) in [6.07, 6.45) is 8.14. The Morgan fingerprint density at radius 1 is 0.867 bits per heavy atom. The maximum absolute atomic E-state index is 3.10. The molecule has 0 unspecified atom stereocenters. The van der Waals surface area contributed by atoms with Crippen molar-refractivity contribution in [3.63, 3.8) is 0 Å². The normalized spacial score (nSPS) is 10.1. The topological polar surface area (TPSA) is 0 Å². The van der Waals surface area contributed by atoms with Crippen LogP contribution in [0.3, 0.4) is 0 Å². The molecule has 0 fully saturated rings. The third kappa shape index (κ3) is 6.62. The van der Waals surface area contributed by atoms with E-state index in [1.165, 1.54) is 38.7 Å². The van der Waals surface area contributed by atoms with Crippen molar-refractivity contribution < 1.29 is 59.8 Å². The molecule has 0 aromatic heterocycles. The van der Waals surface area contributed by atoms with Crippen molar-refractivity contribution in [1.82, 2.24) is 0 Å². The minimum absolute atomic E-state index is 0. The van der Waals surface area contributed by atoms with Crippen molar-refractivity contribution in [2.24, 2.45) is 0 Å². The molecule has 0 aliphatic carbocycles. The monoisotopic (exact) mass is 704 g/mol. The van der Waals surface area contributed by atoms with E-state index in [0.717, 1.165) is 11.1 Å². The summed E-state index contributed by atoms with van der Waals surface area (Å²) in [4.78, 5) is 0. The summed E-state index contributed by atoms with van der Waals surface area (Å²) < 4.78 is 4.16. The zero-order valence-electron chi connectivity index (χ0n) is 7.84. The van der Waals surface area contributed by atoms with E-state index in [0.29, 0.717) is 0 Å². The molecule has 0 radical (unpaired) electrons. The van der Waals surface area contributed by atoms with Gasteiger partial charge in [-0.15, -0.1) is 0 Å². The zero-order chi connectivity index (χ0) is 10.2. The van der Waals surface area contributed by atoms with Crippen LogP contribution >= 0.6 is 0 Å². The first-order valence-corrected chi connectivity index (χ1v) is 7.43. The Morgan fingerprint density at radius 2 is 1.27 bits per heavy atom. The van der Waals surface area contributed by atoms with E-state index in [9.17, 15) is 0 Å². The fraction of sp³-hybridized carbons (Fsp3) is 0. The first-order chi connectivity index (χ1) is 6.86. The molecule has 1 aromatic rings. The van der Waals surface area contributed by atoms with Crippen molar-refractivity contribution in [3.05, 3.63) is 47.5 Å². The first-order valence-electron chi connectivity index (χ1n) is 4.04. The van der Waals surface area contributed by atoms with Crippen LogP contribution in [0.2, 0.25) is 0 Å². The first kappa shape index (κ1) is 15.5. The third-order valence-corrected chi connectivity index (χ3v) is 2.63. The van der Waals surface area contributed by atoms with Crippen LogP contribution in [0, 0.1) is 12.1 Å². The predicted molar refractivity (Wildman–Crippen MR) is 54.3 cm³/mol. The van der Waals surface area contributed by atoms with Gasteiger partial charge in [0.2, 0.25) is 0 Å². The van der Waals surface area contributed by atoms with Crippen LogP contribution in [-0.2, 0) is 59.8 Å². The second-order valence-electron chi connectivity index (χ2n) is 2.48. The van der Waals surface area contributed by atoms with Crippen LogP contribution in [-0.4, -0.2) is 8.80 Å². The van der Waals surface area contributed by atoms with Crippen molar-refractivity contribution in [2.75, 3.05) is 0 Å².